The lowest BCUT2D eigenvalue weighted by Gasteiger charge is -2.29. The number of nitrogens with one attached hydrogen (secondary N) is 1. The Morgan fingerprint density at radius 1 is 1.33 bits per heavy atom. The standard InChI is InChI=1S/C15H19N7O2/c1-9-17-15(24-20-9)10-3-5-22(6-4-10)8-12-18-13-11(14(23)19-12)7-16-21(13)2/h7,10H,3-6,8H2,1-2H3,(H,18,19,23). The zero-order valence-corrected chi connectivity index (χ0v) is 13.7. The summed E-state index contributed by atoms with van der Waals surface area (Å²) in [6.07, 6.45) is 3.46. The van der Waals surface area contributed by atoms with E-state index in [1.165, 1.54) is 0 Å². The van der Waals surface area contributed by atoms with Crippen LogP contribution in [0.25, 0.3) is 11.0 Å². The number of piperidine rings is 1. The molecule has 24 heavy (non-hydrogen) atoms. The fourth-order valence-electron chi connectivity index (χ4n) is 3.18. The molecule has 1 aliphatic heterocycles. The summed E-state index contributed by atoms with van der Waals surface area (Å²) in [6, 6.07) is 0. The zero-order chi connectivity index (χ0) is 16.7. The van der Waals surface area contributed by atoms with Crippen LogP contribution >= 0.6 is 0 Å². The third-order valence-electron chi connectivity index (χ3n) is 4.50. The first-order valence-electron chi connectivity index (χ1n) is 8.03. The number of nitrogens with zero attached hydrogens (tertiary/aromatic N) is 6. The molecule has 4 rings (SSSR count). The van der Waals surface area contributed by atoms with Gasteiger partial charge in [0.05, 0.1) is 12.7 Å². The fraction of sp³-hybridized carbons (Fsp3) is 0.533. The van der Waals surface area contributed by atoms with Crippen LogP contribution in [-0.2, 0) is 13.6 Å². The predicted molar refractivity (Wildman–Crippen MR) is 85.4 cm³/mol. The number of likely N-dealkylation sites (tertiary alicyclic amines) is 1. The number of fused-ring (bicyclic) bond motifs is 1. The Kier molecular flexibility index (Phi) is 3.64. The van der Waals surface area contributed by atoms with Crippen molar-refractivity contribution in [3.8, 4) is 0 Å². The Morgan fingerprint density at radius 2 is 2.12 bits per heavy atom. The first-order valence-corrected chi connectivity index (χ1v) is 8.03. The second-order valence-corrected chi connectivity index (χ2v) is 6.25. The highest BCUT2D eigenvalue weighted by atomic mass is 16.5. The van der Waals surface area contributed by atoms with Gasteiger partial charge in [0, 0.05) is 13.0 Å². The molecule has 0 aromatic carbocycles. The summed E-state index contributed by atoms with van der Waals surface area (Å²) in [5.74, 6) is 2.39. The topological polar surface area (TPSA) is 106 Å². The van der Waals surface area contributed by atoms with Crippen molar-refractivity contribution in [2.24, 2.45) is 7.05 Å². The Hall–Kier alpha value is -2.55. The molecule has 0 spiro atoms. The van der Waals surface area contributed by atoms with Gasteiger partial charge in [-0.05, 0) is 32.9 Å². The van der Waals surface area contributed by atoms with Gasteiger partial charge in [-0.25, -0.2) is 4.98 Å². The minimum Gasteiger partial charge on any atom is -0.339 e. The molecule has 0 saturated carbocycles. The molecule has 126 valence electrons. The van der Waals surface area contributed by atoms with E-state index in [2.05, 4.69) is 30.1 Å². The van der Waals surface area contributed by atoms with Gasteiger partial charge in [-0.1, -0.05) is 5.16 Å². The summed E-state index contributed by atoms with van der Waals surface area (Å²) in [7, 11) is 1.79. The lowest BCUT2D eigenvalue weighted by molar-refractivity contribution is 0.184. The molecule has 1 saturated heterocycles. The van der Waals surface area contributed by atoms with Crippen molar-refractivity contribution in [2.75, 3.05) is 13.1 Å². The largest absolute Gasteiger partial charge is 0.339 e. The van der Waals surface area contributed by atoms with Gasteiger partial charge in [0.1, 0.15) is 11.2 Å². The number of aryl methyl sites for hydroxylation is 2. The Balaban J connectivity index is 1.45. The fourth-order valence-corrected chi connectivity index (χ4v) is 3.18. The van der Waals surface area contributed by atoms with Crippen molar-refractivity contribution >= 4 is 11.0 Å². The highest BCUT2D eigenvalue weighted by Gasteiger charge is 2.25. The minimum atomic E-state index is -0.140. The van der Waals surface area contributed by atoms with E-state index in [0.717, 1.165) is 31.8 Å². The van der Waals surface area contributed by atoms with Crippen molar-refractivity contribution in [3.05, 3.63) is 34.1 Å². The number of aromatic nitrogens is 6. The van der Waals surface area contributed by atoms with E-state index in [1.54, 1.807) is 17.9 Å². The van der Waals surface area contributed by atoms with E-state index in [1.807, 2.05) is 6.92 Å². The lowest BCUT2D eigenvalue weighted by atomic mass is 9.97. The van der Waals surface area contributed by atoms with Gasteiger partial charge >= 0.3 is 0 Å². The molecule has 1 aliphatic rings. The quantitative estimate of drug-likeness (QED) is 0.755. The third-order valence-corrected chi connectivity index (χ3v) is 4.50. The van der Waals surface area contributed by atoms with E-state index < -0.39 is 0 Å². The number of rotatable bonds is 3. The molecule has 0 amide bonds. The molecule has 4 heterocycles. The smallest absolute Gasteiger partial charge is 0.262 e. The summed E-state index contributed by atoms with van der Waals surface area (Å²) in [6.45, 7) is 4.25. The van der Waals surface area contributed by atoms with Gasteiger partial charge in [-0.3, -0.25) is 14.4 Å². The molecule has 0 atom stereocenters. The maximum Gasteiger partial charge on any atom is 0.262 e. The van der Waals surface area contributed by atoms with E-state index in [4.69, 9.17) is 4.52 Å². The molecule has 3 aromatic heterocycles. The Bertz CT molecular complexity index is 917. The monoisotopic (exact) mass is 329 g/mol. The van der Waals surface area contributed by atoms with Gasteiger partial charge in [-0.15, -0.1) is 0 Å². The molecule has 0 aliphatic carbocycles. The molecule has 0 bridgehead atoms. The molecule has 9 nitrogen and oxygen atoms in total. The van der Waals surface area contributed by atoms with Gasteiger partial charge in [0.2, 0.25) is 5.89 Å². The van der Waals surface area contributed by atoms with Crippen molar-refractivity contribution in [1.82, 2.24) is 34.8 Å². The summed E-state index contributed by atoms with van der Waals surface area (Å²) in [4.78, 5) is 26.1. The van der Waals surface area contributed by atoms with Gasteiger partial charge in [0.25, 0.3) is 5.56 Å². The van der Waals surface area contributed by atoms with Crippen molar-refractivity contribution in [3.63, 3.8) is 0 Å². The van der Waals surface area contributed by atoms with Crippen LogP contribution < -0.4 is 5.56 Å². The summed E-state index contributed by atoms with van der Waals surface area (Å²) in [5, 5.41) is 8.47. The molecule has 0 unspecified atom stereocenters. The lowest BCUT2D eigenvalue weighted by Crippen LogP contribution is -2.33. The first kappa shape index (κ1) is 15.0. The van der Waals surface area contributed by atoms with Crippen molar-refractivity contribution < 1.29 is 4.52 Å². The van der Waals surface area contributed by atoms with Gasteiger partial charge < -0.3 is 9.51 Å². The van der Waals surface area contributed by atoms with Gasteiger partial charge in [-0.2, -0.15) is 10.1 Å². The van der Waals surface area contributed by atoms with Crippen LogP contribution in [0.15, 0.2) is 15.5 Å². The molecule has 0 radical (unpaired) electrons. The summed E-state index contributed by atoms with van der Waals surface area (Å²) in [5.41, 5.74) is 0.476. The van der Waals surface area contributed by atoms with Crippen LogP contribution in [0.5, 0.6) is 0 Å². The maximum absolute atomic E-state index is 12.1. The molecular weight excluding hydrogens is 310 g/mol. The van der Waals surface area contributed by atoms with Crippen molar-refractivity contribution in [2.45, 2.75) is 32.2 Å². The molecule has 1 N–H and O–H groups in total. The Labute approximate surface area is 137 Å². The maximum atomic E-state index is 12.1. The highest BCUT2D eigenvalue weighted by molar-refractivity contribution is 5.72. The third kappa shape index (κ3) is 2.71. The summed E-state index contributed by atoms with van der Waals surface area (Å²) < 4.78 is 6.90. The number of hydrogen-bond acceptors (Lipinski definition) is 7. The number of H-pyrrole nitrogens is 1. The average molecular weight is 329 g/mol. The van der Waals surface area contributed by atoms with Crippen LogP contribution in [0.3, 0.4) is 0 Å². The van der Waals surface area contributed by atoms with Crippen LogP contribution in [0.2, 0.25) is 0 Å². The number of hydrogen-bond donors (Lipinski definition) is 1. The predicted octanol–water partition coefficient (Wildman–Crippen LogP) is 0.728. The normalized spacial score (nSPS) is 16.9. The van der Waals surface area contributed by atoms with Crippen LogP contribution in [0, 0.1) is 6.92 Å². The highest BCUT2D eigenvalue weighted by Crippen LogP contribution is 2.27. The molecule has 1 fully saturated rings. The SMILES string of the molecule is Cc1noc(C2CCN(Cc3nc4c(cnn4C)c(=O)[nH]3)CC2)n1. The molecule has 3 aromatic rings. The van der Waals surface area contributed by atoms with Crippen LogP contribution in [0.4, 0.5) is 0 Å². The first-order chi connectivity index (χ1) is 11.6. The number of aromatic amines is 1. The van der Waals surface area contributed by atoms with E-state index in [9.17, 15) is 4.79 Å². The van der Waals surface area contributed by atoms with E-state index >= 15 is 0 Å². The molecular formula is C15H19N7O2. The Morgan fingerprint density at radius 3 is 2.83 bits per heavy atom. The average Bonchev–Trinajstić information content (AvgIpc) is 3.15. The van der Waals surface area contributed by atoms with Crippen LogP contribution in [-0.4, -0.2) is 47.9 Å². The van der Waals surface area contributed by atoms with E-state index in [0.29, 0.717) is 35.1 Å². The van der Waals surface area contributed by atoms with Gasteiger partial charge in [0.15, 0.2) is 11.5 Å². The second kappa shape index (κ2) is 5.82. The summed E-state index contributed by atoms with van der Waals surface area (Å²) >= 11 is 0. The van der Waals surface area contributed by atoms with E-state index in [-0.39, 0.29) is 5.56 Å². The zero-order valence-electron chi connectivity index (χ0n) is 13.7. The molecule has 9 heteroatoms. The van der Waals surface area contributed by atoms with Crippen LogP contribution in [0.1, 0.15) is 36.3 Å². The second-order valence-electron chi connectivity index (χ2n) is 6.25. The van der Waals surface area contributed by atoms with Crippen molar-refractivity contribution in [1.29, 1.82) is 0 Å². The minimum absolute atomic E-state index is 0.140.